The number of hydrogen-bond acceptors (Lipinski definition) is 7. The number of allylic oxidation sites excluding steroid dienone is 28. The molecule has 0 amide bonds. The molecule has 0 aliphatic heterocycles. The summed E-state index contributed by atoms with van der Waals surface area (Å²) in [6.07, 6.45) is 121. The van der Waals surface area contributed by atoms with Gasteiger partial charge in [-0.1, -0.05) is 377 Å². The number of quaternary nitrogens is 1. The third kappa shape index (κ3) is 83.8. The average molecular weight is 1430 g/mol. The number of carbonyl (C=O) groups excluding carboxylic acids is 2. The van der Waals surface area contributed by atoms with Crippen molar-refractivity contribution in [2.24, 2.45) is 0 Å². The van der Waals surface area contributed by atoms with Crippen molar-refractivity contribution in [1.82, 2.24) is 0 Å². The molecule has 9 heteroatoms. The van der Waals surface area contributed by atoms with Crippen LogP contribution in [-0.2, 0) is 33.3 Å². The maximum atomic E-state index is 13.0. The fraction of sp³-hybridized carbons (Fsp3) is 0.670. The van der Waals surface area contributed by atoms with Crippen molar-refractivity contribution >= 4 is 17.9 Å². The first-order chi connectivity index (χ1) is 50.6. The van der Waals surface area contributed by atoms with Gasteiger partial charge in [-0.3, -0.25) is 9.59 Å². The van der Waals surface area contributed by atoms with Crippen molar-refractivity contribution in [2.45, 2.75) is 360 Å². The molecule has 0 saturated carbocycles. The van der Waals surface area contributed by atoms with Crippen molar-refractivity contribution in [3.05, 3.63) is 170 Å². The monoisotopic (exact) mass is 1430 g/mol. The van der Waals surface area contributed by atoms with Crippen LogP contribution in [0.15, 0.2) is 170 Å². The Bertz CT molecular complexity index is 2310. The Kier molecular flexibility index (Phi) is 78.0. The minimum Gasteiger partial charge on any atom is -0.477 e. The second kappa shape index (κ2) is 82.3. The van der Waals surface area contributed by atoms with E-state index in [2.05, 4.69) is 184 Å². The molecule has 0 aliphatic rings. The highest BCUT2D eigenvalue weighted by atomic mass is 16.7. The van der Waals surface area contributed by atoms with Gasteiger partial charge in [0, 0.05) is 12.8 Å². The molecular weight excluding hydrogens is 1270 g/mol. The lowest BCUT2D eigenvalue weighted by Crippen LogP contribution is -2.40. The smallest absolute Gasteiger partial charge is 0.361 e. The number of aliphatic carboxylic acids is 1. The highest BCUT2D eigenvalue weighted by Gasteiger charge is 2.25. The first kappa shape index (κ1) is 97.7. The number of likely N-dealkylation sites (N-methyl/N-ethyl adjacent to an activating group) is 1. The second-order valence-electron chi connectivity index (χ2n) is 29.0. The number of carboxylic acid groups (broad SMARTS) is 1. The molecule has 1 N–H and O–H groups in total. The van der Waals surface area contributed by atoms with Gasteiger partial charge in [0.15, 0.2) is 6.10 Å². The SMILES string of the molecule is CC/C=C\C/C=C\C/C=C\C/C=C\C/C=C\C/C=C\C/C=C\CCCCCCCCCCCCCCCCCCCC(=O)OCC(COC(OCC[N+](C)(C)C)C(=O)O)OC(=O)CCCCCCCCCCCCCCCCCCC/C=C\C/C=C\C/C=C\C/C=C\C/C=C\C/C=C\C/C=C\CC. The van der Waals surface area contributed by atoms with Crippen LogP contribution in [0.1, 0.15) is 348 Å². The molecule has 0 aromatic heterocycles. The Morgan fingerprint density at radius 1 is 0.291 bits per heavy atom. The van der Waals surface area contributed by atoms with E-state index in [1.165, 1.54) is 193 Å². The van der Waals surface area contributed by atoms with Gasteiger partial charge in [0.1, 0.15) is 13.2 Å². The normalized spacial score (nSPS) is 13.5. The zero-order valence-corrected chi connectivity index (χ0v) is 67.2. The second-order valence-corrected chi connectivity index (χ2v) is 29.0. The van der Waals surface area contributed by atoms with Crippen LogP contribution in [0.5, 0.6) is 0 Å². The standard InChI is InChI=1S/C94H157NO8/c1-6-8-10-12-14-16-18-20-22-24-26-28-30-32-34-36-38-40-42-44-46-48-50-52-54-56-58-60-62-64-66-68-70-72-74-76-78-80-82-84-91(96)101-88-90(89-102-94(93(98)99)100-87-86-95(3,4)5)103-92(97)85-83-81-79-77-75-73-71-69-67-65-63-61-59-57-55-53-51-49-47-45-43-41-39-37-35-33-31-29-27-25-23-21-19-17-15-13-11-9-7-2/h8-11,14-17,20-23,26-29,32-35,38-41,44-47,90,94H,6-7,12-13,18-19,24-25,30-31,36-37,42-43,48-89H2,1-5H3/p+1/b10-8-,11-9-,16-14-,17-15-,22-20-,23-21-,28-26-,29-27-,34-32-,35-33-,40-38-,41-39-,46-44-,47-45-. The van der Waals surface area contributed by atoms with E-state index in [4.69, 9.17) is 18.9 Å². The number of nitrogens with zero attached hydrogens (tertiary/aromatic N) is 1. The highest BCUT2D eigenvalue weighted by molar-refractivity contribution is 5.71. The molecule has 9 nitrogen and oxygen atoms in total. The predicted octanol–water partition coefficient (Wildman–Crippen LogP) is 27.7. The van der Waals surface area contributed by atoms with E-state index in [1.54, 1.807) is 0 Å². The van der Waals surface area contributed by atoms with Gasteiger partial charge in [0.25, 0.3) is 6.29 Å². The molecule has 0 radical (unpaired) electrons. The van der Waals surface area contributed by atoms with Crippen molar-refractivity contribution in [1.29, 1.82) is 0 Å². The maximum absolute atomic E-state index is 13.0. The number of ether oxygens (including phenoxy) is 4. The lowest BCUT2D eigenvalue weighted by atomic mass is 10.0. The fourth-order valence-electron chi connectivity index (χ4n) is 11.6. The molecule has 0 aromatic rings. The molecule has 0 saturated heterocycles. The lowest BCUT2D eigenvalue weighted by Gasteiger charge is -2.25. The van der Waals surface area contributed by atoms with Crippen LogP contribution in [0.3, 0.4) is 0 Å². The number of carbonyl (C=O) groups is 3. The summed E-state index contributed by atoms with van der Waals surface area (Å²) in [6, 6.07) is 0. The minimum absolute atomic E-state index is 0.183. The van der Waals surface area contributed by atoms with E-state index in [0.717, 1.165) is 128 Å². The van der Waals surface area contributed by atoms with E-state index in [-0.39, 0.29) is 32.2 Å². The van der Waals surface area contributed by atoms with Crippen LogP contribution in [0.4, 0.5) is 0 Å². The van der Waals surface area contributed by atoms with Crippen LogP contribution in [0.25, 0.3) is 0 Å². The number of unbranched alkanes of at least 4 members (excludes halogenated alkanes) is 34. The van der Waals surface area contributed by atoms with Crippen molar-refractivity contribution in [2.75, 3.05) is 47.5 Å². The summed E-state index contributed by atoms with van der Waals surface area (Å²) in [6.45, 7) is 4.67. The van der Waals surface area contributed by atoms with Gasteiger partial charge in [-0.05, 0) is 128 Å². The van der Waals surface area contributed by atoms with E-state index in [1.807, 2.05) is 21.1 Å². The number of rotatable bonds is 77. The highest BCUT2D eigenvalue weighted by Crippen LogP contribution is 2.18. The van der Waals surface area contributed by atoms with Crippen LogP contribution in [-0.4, -0.2) is 87.4 Å². The maximum Gasteiger partial charge on any atom is 0.361 e. The number of carboxylic acids is 1. The molecule has 0 aliphatic carbocycles. The Balaban J connectivity index is 4.02. The lowest BCUT2D eigenvalue weighted by molar-refractivity contribution is -0.870. The minimum atomic E-state index is -1.52. The zero-order chi connectivity index (χ0) is 74.6. The first-order valence-electron chi connectivity index (χ1n) is 42.3. The molecule has 0 aromatic carbocycles. The summed E-state index contributed by atoms with van der Waals surface area (Å²) in [5.41, 5.74) is 0. The van der Waals surface area contributed by atoms with Gasteiger partial charge in [-0.2, -0.15) is 0 Å². The molecule has 586 valence electrons. The quantitative estimate of drug-likeness (QED) is 0.0211. The zero-order valence-electron chi connectivity index (χ0n) is 67.2. The van der Waals surface area contributed by atoms with Crippen LogP contribution in [0, 0.1) is 0 Å². The Labute approximate surface area is 635 Å². The molecule has 0 heterocycles. The van der Waals surface area contributed by atoms with E-state index in [0.29, 0.717) is 17.4 Å². The topological polar surface area (TPSA) is 108 Å². The molecule has 0 bridgehead atoms. The van der Waals surface area contributed by atoms with Crippen LogP contribution < -0.4 is 0 Å². The summed E-state index contributed by atoms with van der Waals surface area (Å²) in [5.74, 6) is -2.00. The van der Waals surface area contributed by atoms with Crippen molar-refractivity contribution < 1.29 is 42.9 Å². The Morgan fingerprint density at radius 3 is 0.777 bits per heavy atom. The molecule has 0 fully saturated rings. The third-order valence-electron chi connectivity index (χ3n) is 18.0. The largest absolute Gasteiger partial charge is 0.477 e. The van der Waals surface area contributed by atoms with Gasteiger partial charge in [0.05, 0.1) is 34.4 Å². The summed E-state index contributed by atoms with van der Waals surface area (Å²) in [5, 5.41) is 9.79. The third-order valence-corrected chi connectivity index (χ3v) is 18.0. The molecule has 0 spiro atoms. The van der Waals surface area contributed by atoms with E-state index < -0.39 is 24.3 Å². The Hall–Kier alpha value is -5.35. The van der Waals surface area contributed by atoms with E-state index >= 15 is 0 Å². The van der Waals surface area contributed by atoms with E-state index in [9.17, 15) is 19.5 Å². The summed E-state index contributed by atoms with van der Waals surface area (Å²) >= 11 is 0. The van der Waals surface area contributed by atoms with Gasteiger partial charge in [-0.15, -0.1) is 0 Å². The molecular formula is C94H158NO8+. The van der Waals surface area contributed by atoms with Crippen LogP contribution in [0.2, 0.25) is 0 Å². The molecule has 103 heavy (non-hydrogen) atoms. The first-order valence-corrected chi connectivity index (χ1v) is 42.3. The summed E-state index contributed by atoms with van der Waals surface area (Å²) in [7, 11) is 5.99. The number of hydrogen-bond donors (Lipinski definition) is 1. The van der Waals surface area contributed by atoms with Crippen molar-refractivity contribution in [3.63, 3.8) is 0 Å². The molecule has 2 unspecified atom stereocenters. The molecule has 2 atom stereocenters. The van der Waals surface area contributed by atoms with Gasteiger partial charge < -0.3 is 28.5 Å². The Morgan fingerprint density at radius 2 is 0.524 bits per heavy atom. The summed E-state index contributed by atoms with van der Waals surface area (Å²) < 4.78 is 23.1. The summed E-state index contributed by atoms with van der Waals surface area (Å²) in [4.78, 5) is 37.8. The van der Waals surface area contributed by atoms with Crippen molar-refractivity contribution in [3.8, 4) is 0 Å². The fourth-order valence-corrected chi connectivity index (χ4v) is 11.6. The van der Waals surface area contributed by atoms with Gasteiger partial charge >= 0.3 is 17.9 Å². The van der Waals surface area contributed by atoms with Crippen LogP contribution >= 0.6 is 0 Å². The average Bonchev–Trinajstić information content (AvgIpc) is 1.06. The predicted molar refractivity (Wildman–Crippen MR) is 446 cm³/mol. The van der Waals surface area contributed by atoms with Gasteiger partial charge in [0.2, 0.25) is 0 Å². The van der Waals surface area contributed by atoms with Gasteiger partial charge in [-0.25, -0.2) is 4.79 Å². The number of esters is 2. The molecule has 0 rings (SSSR count).